The molecular weight excluding hydrogens is 370 g/mol. The largest absolute Gasteiger partial charge is 0.459 e. The van der Waals surface area contributed by atoms with E-state index in [1.165, 1.54) is 6.26 Å². The molecule has 2 aromatic heterocycles. The Bertz CT molecular complexity index is 1110. The summed E-state index contributed by atoms with van der Waals surface area (Å²) in [5, 5.41) is 9.30. The summed E-state index contributed by atoms with van der Waals surface area (Å²) in [6.45, 7) is 1.84. The number of para-hydroxylation sites is 1. The van der Waals surface area contributed by atoms with Gasteiger partial charge < -0.3 is 24.8 Å². The fourth-order valence-corrected chi connectivity index (χ4v) is 2.93. The number of hydrogen-bond donors (Lipinski definition) is 3. The molecule has 0 saturated heterocycles. The Hall–Kier alpha value is -4.00. The number of amides is 3. The Morgan fingerprint density at radius 2 is 1.69 bits per heavy atom. The minimum atomic E-state index is -0.382. The van der Waals surface area contributed by atoms with Crippen LogP contribution >= 0.6 is 0 Å². The summed E-state index contributed by atoms with van der Waals surface area (Å²) in [5.41, 5.74) is 1.85. The van der Waals surface area contributed by atoms with E-state index in [2.05, 4.69) is 16.0 Å². The van der Waals surface area contributed by atoms with Crippen LogP contribution in [0.2, 0.25) is 0 Å². The zero-order valence-corrected chi connectivity index (χ0v) is 15.6. The lowest BCUT2D eigenvalue weighted by Gasteiger charge is -2.13. The smallest absolute Gasteiger partial charge is 0.319 e. The Morgan fingerprint density at radius 1 is 0.897 bits per heavy atom. The van der Waals surface area contributed by atoms with Gasteiger partial charge >= 0.3 is 6.03 Å². The fraction of sp³-hybridized carbons (Fsp3) is 0.0909. The minimum Gasteiger partial charge on any atom is -0.459 e. The Balaban J connectivity index is 1.38. The second-order valence-corrected chi connectivity index (χ2v) is 6.52. The van der Waals surface area contributed by atoms with Crippen LogP contribution in [-0.4, -0.2) is 11.9 Å². The molecular formula is C22H19N3O4. The highest BCUT2D eigenvalue weighted by Gasteiger charge is 2.15. The summed E-state index contributed by atoms with van der Waals surface area (Å²) >= 11 is 0. The van der Waals surface area contributed by atoms with E-state index in [0.29, 0.717) is 17.1 Å². The number of hydrogen-bond acceptors (Lipinski definition) is 4. The number of furan rings is 2. The van der Waals surface area contributed by atoms with E-state index in [-0.39, 0.29) is 23.7 Å². The zero-order valence-electron chi connectivity index (χ0n) is 15.6. The van der Waals surface area contributed by atoms with Crippen LogP contribution in [-0.2, 0) is 0 Å². The molecule has 1 atom stereocenters. The molecule has 0 bridgehead atoms. The molecule has 4 rings (SSSR count). The van der Waals surface area contributed by atoms with Crippen molar-refractivity contribution in [3.8, 4) is 0 Å². The lowest BCUT2D eigenvalue weighted by Crippen LogP contribution is -2.31. The molecule has 2 heterocycles. The van der Waals surface area contributed by atoms with Gasteiger partial charge in [0.25, 0.3) is 5.91 Å². The maximum atomic E-state index is 12.4. The van der Waals surface area contributed by atoms with Gasteiger partial charge in [0, 0.05) is 16.8 Å². The van der Waals surface area contributed by atoms with E-state index in [0.717, 1.165) is 11.0 Å². The van der Waals surface area contributed by atoms with Gasteiger partial charge in [-0.05, 0) is 49.4 Å². The topological polar surface area (TPSA) is 96.5 Å². The molecule has 1 unspecified atom stereocenters. The standard InChI is InChI=1S/C22H19N3O4/c1-14(20-12-15-6-2-3-9-18(15)29-20)23-22(27)25-17-8-4-7-16(13-17)24-21(26)19-10-5-11-28-19/h2-14H,1H3,(H,24,26)(H2,23,25,27). The molecule has 3 N–H and O–H groups in total. The molecule has 7 heteroatoms. The van der Waals surface area contributed by atoms with Crippen LogP contribution in [0.4, 0.5) is 16.2 Å². The summed E-state index contributed by atoms with van der Waals surface area (Å²) in [5.74, 6) is 0.511. The minimum absolute atomic E-state index is 0.209. The maximum absolute atomic E-state index is 12.4. The van der Waals surface area contributed by atoms with Crippen molar-refractivity contribution in [3.63, 3.8) is 0 Å². The second kappa shape index (κ2) is 7.93. The number of fused-ring (bicyclic) bond motifs is 1. The first-order valence-electron chi connectivity index (χ1n) is 9.09. The van der Waals surface area contributed by atoms with Crippen LogP contribution in [0.5, 0.6) is 0 Å². The monoisotopic (exact) mass is 389 g/mol. The SMILES string of the molecule is CC(NC(=O)Nc1cccc(NC(=O)c2ccco2)c1)c1cc2ccccc2o1. The zero-order chi connectivity index (χ0) is 20.2. The first kappa shape index (κ1) is 18.4. The number of carbonyl (C=O) groups excluding carboxylic acids is 2. The van der Waals surface area contributed by atoms with Crippen molar-refractivity contribution < 1.29 is 18.4 Å². The van der Waals surface area contributed by atoms with Gasteiger partial charge in [0.2, 0.25) is 0 Å². The second-order valence-electron chi connectivity index (χ2n) is 6.52. The number of rotatable bonds is 5. The van der Waals surface area contributed by atoms with E-state index in [1.807, 2.05) is 37.3 Å². The van der Waals surface area contributed by atoms with Crippen molar-refractivity contribution in [2.75, 3.05) is 10.6 Å². The van der Waals surface area contributed by atoms with Gasteiger partial charge in [-0.15, -0.1) is 0 Å². The summed E-state index contributed by atoms with van der Waals surface area (Å²) in [4.78, 5) is 24.4. The van der Waals surface area contributed by atoms with Gasteiger partial charge in [0.05, 0.1) is 12.3 Å². The van der Waals surface area contributed by atoms with Gasteiger partial charge in [0.1, 0.15) is 11.3 Å². The number of anilines is 2. The van der Waals surface area contributed by atoms with E-state index >= 15 is 0 Å². The fourth-order valence-electron chi connectivity index (χ4n) is 2.93. The predicted octanol–water partition coefficient (Wildman–Crippen LogP) is 5.16. The van der Waals surface area contributed by atoms with Crippen LogP contribution in [0.15, 0.2) is 81.8 Å². The molecule has 2 aromatic carbocycles. The highest BCUT2D eigenvalue weighted by molar-refractivity contribution is 6.02. The van der Waals surface area contributed by atoms with Gasteiger partial charge in [0.15, 0.2) is 5.76 Å². The number of carbonyl (C=O) groups is 2. The normalized spacial score (nSPS) is 11.8. The van der Waals surface area contributed by atoms with E-state index in [4.69, 9.17) is 8.83 Å². The van der Waals surface area contributed by atoms with Gasteiger partial charge in [-0.3, -0.25) is 4.79 Å². The average molecular weight is 389 g/mol. The molecule has 7 nitrogen and oxygen atoms in total. The molecule has 0 saturated carbocycles. The van der Waals surface area contributed by atoms with Crippen molar-refractivity contribution >= 4 is 34.3 Å². The number of urea groups is 1. The molecule has 0 fully saturated rings. The first-order valence-corrected chi connectivity index (χ1v) is 9.09. The first-order chi connectivity index (χ1) is 14.1. The quantitative estimate of drug-likeness (QED) is 0.439. The van der Waals surface area contributed by atoms with Crippen LogP contribution in [0.3, 0.4) is 0 Å². The average Bonchev–Trinajstić information content (AvgIpc) is 3.38. The summed E-state index contributed by atoms with van der Waals surface area (Å²) in [6, 6.07) is 18.9. The molecule has 0 aliphatic rings. The Kier molecular flexibility index (Phi) is 5.03. The maximum Gasteiger partial charge on any atom is 0.319 e. The highest BCUT2D eigenvalue weighted by atomic mass is 16.3. The van der Waals surface area contributed by atoms with Gasteiger partial charge in [-0.25, -0.2) is 4.79 Å². The number of nitrogens with one attached hydrogen (secondary N) is 3. The van der Waals surface area contributed by atoms with Crippen molar-refractivity contribution in [2.24, 2.45) is 0 Å². The van der Waals surface area contributed by atoms with E-state index < -0.39 is 0 Å². The summed E-state index contributed by atoms with van der Waals surface area (Å²) < 4.78 is 10.8. The summed E-state index contributed by atoms with van der Waals surface area (Å²) in [7, 11) is 0. The van der Waals surface area contributed by atoms with Crippen LogP contribution < -0.4 is 16.0 Å². The molecule has 146 valence electrons. The van der Waals surface area contributed by atoms with Gasteiger partial charge in [-0.1, -0.05) is 24.3 Å². The molecule has 4 aromatic rings. The van der Waals surface area contributed by atoms with Gasteiger partial charge in [-0.2, -0.15) is 0 Å². The Labute approximate surface area is 166 Å². The predicted molar refractivity (Wildman–Crippen MR) is 110 cm³/mol. The van der Waals surface area contributed by atoms with Crippen molar-refractivity contribution in [1.82, 2.24) is 5.32 Å². The third kappa shape index (κ3) is 4.30. The Morgan fingerprint density at radius 3 is 2.45 bits per heavy atom. The lowest BCUT2D eigenvalue weighted by molar-refractivity contribution is 0.0996. The van der Waals surface area contributed by atoms with E-state index in [9.17, 15) is 9.59 Å². The van der Waals surface area contributed by atoms with Crippen LogP contribution in [0, 0.1) is 0 Å². The molecule has 0 radical (unpaired) electrons. The van der Waals surface area contributed by atoms with Crippen molar-refractivity contribution in [2.45, 2.75) is 13.0 Å². The molecule has 0 aliphatic carbocycles. The van der Waals surface area contributed by atoms with Crippen LogP contribution in [0.1, 0.15) is 29.3 Å². The van der Waals surface area contributed by atoms with Crippen molar-refractivity contribution in [3.05, 3.63) is 84.5 Å². The number of benzene rings is 2. The summed E-state index contributed by atoms with van der Waals surface area (Å²) in [6.07, 6.45) is 1.43. The molecule has 3 amide bonds. The highest BCUT2D eigenvalue weighted by Crippen LogP contribution is 2.24. The third-order valence-electron chi connectivity index (χ3n) is 4.34. The lowest BCUT2D eigenvalue weighted by atomic mass is 10.2. The third-order valence-corrected chi connectivity index (χ3v) is 4.34. The molecule has 0 aliphatic heterocycles. The molecule has 29 heavy (non-hydrogen) atoms. The van der Waals surface area contributed by atoms with Crippen LogP contribution in [0.25, 0.3) is 11.0 Å². The molecule has 0 spiro atoms. The van der Waals surface area contributed by atoms with E-state index in [1.54, 1.807) is 36.4 Å². The van der Waals surface area contributed by atoms with Crippen molar-refractivity contribution in [1.29, 1.82) is 0 Å².